The third kappa shape index (κ3) is 4.05. The molecular formula is C15H26F2N2O2. The van der Waals surface area contributed by atoms with Crippen LogP contribution in [0, 0.1) is 0 Å². The molecule has 2 rings (SSSR count). The van der Waals surface area contributed by atoms with E-state index in [2.05, 4.69) is 5.32 Å². The summed E-state index contributed by atoms with van der Waals surface area (Å²) in [6.07, 6.45) is 0.706. The molecule has 0 aromatic carbocycles. The quantitative estimate of drug-likeness (QED) is 0.871. The van der Waals surface area contributed by atoms with Gasteiger partial charge in [-0.1, -0.05) is 0 Å². The van der Waals surface area contributed by atoms with Gasteiger partial charge in [0.2, 0.25) is 0 Å². The van der Waals surface area contributed by atoms with Crippen LogP contribution in [-0.2, 0) is 4.74 Å². The van der Waals surface area contributed by atoms with Crippen LogP contribution in [0.5, 0.6) is 0 Å². The van der Waals surface area contributed by atoms with E-state index in [-0.39, 0.29) is 24.2 Å². The molecular weight excluding hydrogens is 278 g/mol. The number of piperidine rings is 1. The molecule has 122 valence electrons. The molecule has 2 heterocycles. The molecule has 1 amide bonds. The minimum atomic E-state index is -2.36. The van der Waals surface area contributed by atoms with Gasteiger partial charge in [-0.2, -0.15) is 0 Å². The summed E-state index contributed by atoms with van der Waals surface area (Å²) < 4.78 is 30.7. The Bertz CT molecular complexity index is 370. The number of amides is 1. The fourth-order valence-corrected chi connectivity index (χ4v) is 3.37. The Hall–Kier alpha value is -0.910. The lowest BCUT2D eigenvalue weighted by molar-refractivity contribution is 0.00252. The summed E-state index contributed by atoms with van der Waals surface area (Å²) in [6.45, 7) is 7.06. The molecule has 2 aliphatic rings. The summed E-state index contributed by atoms with van der Waals surface area (Å²) >= 11 is 0. The molecule has 3 unspecified atom stereocenters. The van der Waals surface area contributed by atoms with Gasteiger partial charge in [-0.15, -0.1) is 0 Å². The highest BCUT2D eigenvalue weighted by molar-refractivity contribution is 5.69. The highest BCUT2D eigenvalue weighted by Crippen LogP contribution is 2.37. The van der Waals surface area contributed by atoms with Gasteiger partial charge in [0.1, 0.15) is 5.60 Å². The van der Waals surface area contributed by atoms with Gasteiger partial charge in [0.05, 0.1) is 6.04 Å². The standard InChI is InChI=1S/C15H26F2N2O2/c1-9(13(16)17)18-10-7-11-5-6-12(8-10)19(11)14(20)21-15(2,3)4/h9-13,18H,5-8H2,1-4H3. The Morgan fingerprint density at radius 2 is 1.76 bits per heavy atom. The molecule has 0 saturated carbocycles. The van der Waals surface area contributed by atoms with Crippen molar-refractivity contribution >= 4 is 6.09 Å². The van der Waals surface area contributed by atoms with Gasteiger partial charge >= 0.3 is 6.09 Å². The number of fused-ring (bicyclic) bond motifs is 2. The van der Waals surface area contributed by atoms with Gasteiger partial charge in [-0.25, -0.2) is 13.6 Å². The highest BCUT2D eigenvalue weighted by atomic mass is 19.3. The Balaban J connectivity index is 1.94. The lowest BCUT2D eigenvalue weighted by Gasteiger charge is -2.40. The number of hydrogen-bond donors (Lipinski definition) is 1. The topological polar surface area (TPSA) is 41.6 Å². The Labute approximate surface area is 125 Å². The fourth-order valence-electron chi connectivity index (χ4n) is 3.37. The number of hydrogen-bond acceptors (Lipinski definition) is 3. The highest BCUT2D eigenvalue weighted by Gasteiger charge is 2.45. The Morgan fingerprint density at radius 3 is 2.19 bits per heavy atom. The summed E-state index contributed by atoms with van der Waals surface area (Å²) in [4.78, 5) is 14.1. The van der Waals surface area contributed by atoms with Crippen LogP contribution in [-0.4, -0.2) is 47.2 Å². The number of alkyl halides is 2. The van der Waals surface area contributed by atoms with E-state index in [9.17, 15) is 13.6 Å². The zero-order valence-corrected chi connectivity index (χ0v) is 13.2. The van der Waals surface area contributed by atoms with Gasteiger partial charge in [0, 0.05) is 18.1 Å². The van der Waals surface area contributed by atoms with E-state index >= 15 is 0 Å². The van der Waals surface area contributed by atoms with Crippen molar-refractivity contribution in [1.82, 2.24) is 10.2 Å². The first kappa shape index (κ1) is 16.5. The van der Waals surface area contributed by atoms with E-state index in [1.807, 2.05) is 25.7 Å². The molecule has 0 aliphatic carbocycles. The zero-order valence-electron chi connectivity index (χ0n) is 13.2. The van der Waals surface area contributed by atoms with E-state index in [4.69, 9.17) is 4.74 Å². The molecule has 3 atom stereocenters. The number of nitrogens with one attached hydrogen (secondary N) is 1. The summed E-state index contributed by atoms with van der Waals surface area (Å²) in [7, 11) is 0. The second kappa shape index (κ2) is 6.07. The van der Waals surface area contributed by atoms with Crippen LogP contribution in [0.1, 0.15) is 53.4 Å². The molecule has 21 heavy (non-hydrogen) atoms. The predicted octanol–water partition coefficient (Wildman–Crippen LogP) is 3.16. The van der Waals surface area contributed by atoms with Gasteiger partial charge in [0.25, 0.3) is 6.43 Å². The van der Waals surface area contributed by atoms with Crippen LogP contribution in [0.3, 0.4) is 0 Å². The summed E-state index contributed by atoms with van der Waals surface area (Å²) in [5.74, 6) is 0. The van der Waals surface area contributed by atoms with Gasteiger partial charge in [-0.05, 0) is 53.4 Å². The second-order valence-corrected chi connectivity index (χ2v) is 7.23. The first-order valence-electron chi connectivity index (χ1n) is 7.73. The first-order valence-corrected chi connectivity index (χ1v) is 7.73. The minimum Gasteiger partial charge on any atom is -0.444 e. The van der Waals surface area contributed by atoms with Crippen LogP contribution in [0.4, 0.5) is 13.6 Å². The predicted molar refractivity (Wildman–Crippen MR) is 76.5 cm³/mol. The summed E-state index contributed by atoms with van der Waals surface area (Å²) in [5.41, 5.74) is -0.504. The molecule has 1 N–H and O–H groups in total. The summed E-state index contributed by atoms with van der Waals surface area (Å²) in [6, 6.07) is -0.519. The van der Waals surface area contributed by atoms with Crippen LogP contribution in [0.15, 0.2) is 0 Å². The van der Waals surface area contributed by atoms with Crippen molar-refractivity contribution < 1.29 is 18.3 Å². The van der Waals surface area contributed by atoms with Crippen molar-refractivity contribution in [2.45, 2.75) is 89.6 Å². The normalized spacial score (nSPS) is 30.6. The number of carbonyl (C=O) groups excluding carboxylic acids is 1. The van der Waals surface area contributed by atoms with E-state index in [0.717, 1.165) is 25.7 Å². The number of halogens is 2. The van der Waals surface area contributed by atoms with Gasteiger partial charge in [-0.3, -0.25) is 0 Å². The molecule has 6 heteroatoms. The van der Waals surface area contributed by atoms with Crippen LogP contribution in [0.25, 0.3) is 0 Å². The van der Waals surface area contributed by atoms with E-state index in [1.54, 1.807) is 0 Å². The van der Waals surface area contributed by atoms with Crippen molar-refractivity contribution in [3.05, 3.63) is 0 Å². The summed E-state index contributed by atoms with van der Waals surface area (Å²) in [5, 5.41) is 3.00. The molecule has 2 aliphatic heterocycles. The number of ether oxygens (including phenoxy) is 1. The van der Waals surface area contributed by atoms with Crippen molar-refractivity contribution in [2.24, 2.45) is 0 Å². The molecule has 0 spiro atoms. The second-order valence-electron chi connectivity index (χ2n) is 7.23. The van der Waals surface area contributed by atoms with Crippen molar-refractivity contribution in [2.75, 3.05) is 0 Å². The molecule has 0 radical (unpaired) electrons. The lowest BCUT2D eigenvalue weighted by atomic mass is 9.97. The van der Waals surface area contributed by atoms with Crippen molar-refractivity contribution in [3.8, 4) is 0 Å². The van der Waals surface area contributed by atoms with Crippen LogP contribution >= 0.6 is 0 Å². The maximum absolute atomic E-state index is 12.6. The monoisotopic (exact) mass is 304 g/mol. The third-order valence-corrected chi connectivity index (χ3v) is 4.21. The average molecular weight is 304 g/mol. The average Bonchev–Trinajstić information content (AvgIpc) is 2.59. The molecule has 0 aromatic heterocycles. The molecule has 2 fully saturated rings. The smallest absolute Gasteiger partial charge is 0.410 e. The van der Waals surface area contributed by atoms with E-state index < -0.39 is 18.1 Å². The molecule has 2 bridgehead atoms. The SMILES string of the molecule is CC(NC1CC2CCC(C1)N2C(=O)OC(C)(C)C)C(F)F. The third-order valence-electron chi connectivity index (χ3n) is 4.21. The molecule has 0 aromatic rings. The number of rotatable bonds is 3. The maximum Gasteiger partial charge on any atom is 0.410 e. The molecule has 4 nitrogen and oxygen atoms in total. The first-order chi connectivity index (χ1) is 9.67. The van der Waals surface area contributed by atoms with Crippen molar-refractivity contribution in [3.63, 3.8) is 0 Å². The van der Waals surface area contributed by atoms with E-state index in [1.165, 1.54) is 6.92 Å². The largest absolute Gasteiger partial charge is 0.444 e. The fraction of sp³-hybridized carbons (Fsp3) is 0.933. The van der Waals surface area contributed by atoms with Gasteiger partial charge < -0.3 is 15.0 Å². The zero-order chi connectivity index (χ0) is 15.8. The Kier molecular flexibility index (Phi) is 4.76. The molecule has 2 saturated heterocycles. The number of nitrogens with zero attached hydrogens (tertiary/aromatic N) is 1. The van der Waals surface area contributed by atoms with Crippen LogP contribution < -0.4 is 5.32 Å². The minimum absolute atomic E-state index is 0.0604. The van der Waals surface area contributed by atoms with Gasteiger partial charge in [0.15, 0.2) is 0 Å². The number of carbonyl (C=O) groups is 1. The Morgan fingerprint density at radius 1 is 1.24 bits per heavy atom. The lowest BCUT2D eigenvalue weighted by Crippen LogP contribution is -2.54. The van der Waals surface area contributed by atoms with E-state index in [0.29, 0.717) is 0 Å². The maximum atomic E-state index is 12.6. The van der Waals surface area contributed by atoms with Crippen molar-refractivity contribution in [1.29, 1.82) is 0 Å². The van der Waals surface area contributed by atoms with Crippen LogP contribution in [0.2, 0.25) is 0 Å².